The van der Waals surface area contributed by atoms with Gasteiger partial charge in [-0.05, 0) is 13.3 Å². The first-order valence-electron chi connectivity index (χ1n) is 3.27. The number of hydrogen-bond donors (Lipinski definition) is 1. The molecule has 0 aliphatic carbocycles. The first-order valence-corrected chi connectivity index (χ1v) is 5.16. The summed E-state index contributed by atoms with van der Waals surface area (Å²) in [4.78, 5) is 0. The van der Waals surface area contributed by atoms with Crippen molar-refractivity contribution in [2.75, 3.05) is 12.8 Å². The molecule has 0 aromatic rings. The van der Waals surface area contributed by atoms with Gasteiger partial charge >= 0.3 is 0 Å². The predicted octanol–water partition coefficient (Wildman–Crippen LogP) is 0.158. The second-order valence-corrected chi connectivity index (χ2v) is 5.31. The summed E-state index contributed by atoms with van der Waals surface area (Å²) in [6, 6.07) is 0. The number of nitrogens with two attached hydrogens (primary N) is 1. The van der Waals surface area contributed by atoms with E-state index in [-0.39, 0.29) is 6.54 Å². The lowest BCUT2D eigenvalue weighted by atomic mass is 10.1. The molecule has 0 radical (unpaired) electrons. The average Bonchev–Trinajstić information content (AvgIpc) is 1.84. The minimum absolute atomic E-state index is 0.197. The van der Waals surface area contributed by atoms with E-state index >= 15 is 0 Å². The number of sulfone groups is 1. The van der Waals surface area contributed by atoms with Crippen LogP contribution >= 0.6 is 0 Å². The van der Waals surface area contributed by atoms with Crippen LogP contribution in [0.15, 0.2) is 0 Å². The lowest BCUT2D eigenvalue weighted by Crippen LogP contribution is -2.41. The fourth-order valence-electron chi connectivity index (χ4n) is 0.558. The van der Waals surface area contributed by atoms with Gasteiger partial charge in [-0.2, -0.15) is 0 Å². The highest BCUT2D eigenvalue weighted by Gasteiger charge is 2.31. The van der Waals surface area contributed by atoms with Gasteiger partial charge in [0.15, 0.2) is 9.84 Å². The third-order valence-electron chi connectivity index (χ3n) is 2.07. The lowest BCUT2D eigenvalue weighted by molar-refractivity contribution is 0.527. The first kappa shape index (κ1) is 9.91. The molecular weight excluding hydrogens is 150 g/mol. The van der Waals surface area contributed by atoms with Crippen molar-refractivity contribution in [3.8, 4) is 0 Å². The minimum Gasteiger partial charge on any atom is -0.329 e. The summed E-state index contributed by atoms with van der Waals surface area (Å²) >= 11 is 0. The van der Waals surface area contributed by atoms with Crippen LogP contribution in [-0.2, 0) is 9.84 Å². The zero-order valence-corrected chi connectivity index (χ0v) is 7.53. The maximum Gasteiger partial charge on any atom is 0.154 e. The van der Waals surface area contributed by atoms with Gasteiger partial charge < -0.3 is 5.73 Å². The summed E-state index contributed by atoms with van der Waals surface area (Å²) in [7, 11) is -2.99. The van der Waals surface area contributed by atoms with Gasteiger partial charge in [0.1, 0.15) is 0 Å². The largest absolute Gasteiger partial charge is 0.329 e. The van der Waals surface area contributed by atoms with Crippen molar-refractivity contribution in [2.45, 2.75) is 25.0 Å². The van der Waals surface area contributed by atoms with Gasteiger partial charge in [0.25, 0.3) is 0 Å². The zero-order chi connectivity index (χ0) is 8.41. The smallest absolute Gasteiger partial charge is 0.154 e. The third kappa shape index (κ3) is 1.70. The van der Waals surface area contributed by atoms with Crippen molar-refractivity contribution >= 4 is 9.84 Å². The van der Waals surface area contributed by atoms with E-state index in [9.17, 15) is 8.42 Å². The van der Waals surface area contributed by atoms with E-state index in [1.165, 1.54) is 6.26 Å². The Kier molecular flexibility index (Phi) is 2.86. The van der Waals surface area contributed by atoms with Crippen LogP contribution in [0, 0.1) is 0 Å². The predicted molar refractivity (Wildman–Crippen MR) is 42.6 cm³/mol. The third-order valence-corrected chi connectivity index (χ3v) is 4.32. The molecule has 0 saturated heterocycles. The van der Waals surface area contributed by atoms with Crippen LogP contribution in [0.5, 0.6) is 0 Å². The molecule has 3 nitrogen and oxygen atoms in total. The molecule has 0 aromatic heterocycles. The van der Waals surface area contributed by atoms with E-state index in [1.54, 1.807) is 6.92 Å². The second-order valence-electron chi connectivity index (χ2n) is 2.78. The summed E-state index contributed by atoms with van der Waals surface area (Å²) < 4.78 is 21.3. The highest BCUT2D eigenvalue weighted by Crippen LogP contribution is 2.17. The lowest BCUT2D eigenvalue weighted by Gasteiger charge is -2.23. The highest BCUT2D eigenvalue weighted by atomic mass is 32.2. The van der Waals surface area contributed by atoms with E-state index in [0.717, 1.165) is 0 Å². The molecule has 0 fully saturated rings. The number of hydrogen-bond acceptors (Lipinski definition) is 3. The Hall–Kier alpha value is -0.0900. The van der Waals surface area contributed by atoms with Gasteiger partial charge in [-0.3, -0.25) is 0 Å². The molecule has 1 unspecified atom stereocenters. The fraction of sp³-hybridized carbons (Fsp3) is 1.00. The van der Waals surface area contributed by atoms with Crippen LogP contribution in [0.3, 0.4) is 0 Å². The molecule has 0 bridgehead atoms. The molecular formula is C6H15NO2S. The molecule has 10 heavy (non-hydrogen) atoms. The molecule has 0 heterocycles. The molecule has 0 aliphatic rings. The van der Waals surface area contributed by atoms with E-state index in [1.807, 2.05) is 6.92 Å². The summed E-state index contributed by atoms with van der Waals surface area (Å²) in [6.45, 7) is 3.69. The zero-order valence-electron chi connectivity index (χ0n) is 6.72. The highest BCUT2D eigenvalue weighted by molar-refractivity contribution is 7.92. The molecule has 0 aliphatic heterocycles. The van der Waals surface area contributed by atoms with E-state index in [4.69, 9.17) is 5.73 Å². The molecule has 0 aromatic carbocycles. The van der Waals surface area contributed by atoms with Crippen molar-refractivity contribution in [3.63, 3.8) is 0 Å². The Bertz CT molecular complexity index is 192. The number of rotatable bonds is 3. The van der Waals surface area contributed by atoms with E-state index in [2.05, 4.69) is 0 Å². The van der Waals surface area contributed by atoms with Gasteiger partial charge in [0.2, 0.25) is 0 Å². The van der Waals surface area contributed by atoms with Gasteiger partial charge in [0.05, 0.1) is 4.75 Å². The van der Waals surface area contributed by atoms with Gasteiger partial charge in [-0.25, -0.2) is 8.42 Å². The van der Waals surface area contributed by atoms with Crippen molar-refractivity contribution in [2.24, 2.45) is 5.73 Å². The first-order chi connectivity index (χ1) is 4.37. The van der Waals surface area contributed by atoms with Crippen LogP contribution in [0.1, 0.15) is 20.3 Å². The van der Waals surface area contributed by atoms with Crippen molar-refractivity contribution in [3.05, 3.63) is 0 Å². The summed E-state index contributed by atoms with van der Waals surface area (Å²) in [5.41, 5.74) is 5.32. The fourth-order valence-corrected chi connectivity index (χ4v) is 1.39. The Morgan fingerprint density at radius 3 is 1.90 bits per heavy atom. The molecule has 1 atom stereocenters. The summed E-state index contributed by atoms with van der Waals surface area (Å²) in [5, 5.41) is 0. The maximum atomic E-state index is 11.0. The van der Waals surface area contributed by atoms with Crippen molar-refractivity contribution < 1.29 is 8.42 Å². The Labute approximate surface area is 62.5 Å². The van der Waals surface area contributed by atoms with E-state index < -0.39 is 14.6 Å². The monoisotopic (exact) mass is 165 g/mol. The van der Waals surface area contributed by atoms with Crippen LogP contribution in [0.2, 0.25) is 0 Å². The van der Waals surface area contributed by atoms with E-state index in [0.29, 0.717) is 6.42 Å². The average molecular weight is 165 g/mol. The summed E-state index contributed by atoms with van der Waals surface area (Å²) in [6.07, 6.45) is 1.80. The van der Waals surface area contributed by atoms with Crippen LogP contribution < -0.4 is 5.73 Å². The van der Waals surface area contributed by atoms with Crippen LogP contribution in [0.4, 0.5) is 0 Å². The van der Waals surface area contributed by atoms with Crippen molar-refractivity contribution in [1.29, 1.82) is 0 Å². The summed E-state index contributed by atoms with van der Waals surface area (Å²) in [5.74, 6) is 0. The molecule has 2 N–H and O–H groups in total. The van der Waals surface area contributed by atoms with Crippen molar-refractivity contribution in [1.82, 2.24) is 0 Å². The standard InChI is InChI=1S/C6H15NO2S/c1-4-6(2,5-7)10(3,8)9/h4-5,7H2,1-3H3. The molecule has 4 heteroatoms. The van der Waals surface area contributed by atoms with Crippen LogP contribution in [0.25, 0.3) is 0 Å². The molecule has 0 saturated carbocycles. The Morgan fingerprint density at radius 2 is 1.90 bits per heavy atom. The van der Waals surface area contributed by atoms with Gasteiger partial charge in [-0.1, -0.05) is 6.92 Å². The molecule has 0 rings (SSSR count). The second kappa shape index (κ2) is 2.88. The minimum atomic E-state index is -2.99. The van der Waals surface area contributed by atoms with Gasteiger partial charge in [-0.15, -0.1) is 0 Å². The molecule has 62 valence electrons. The Balaban J connectivity index is 4.68. The SMILES string of the molecule is CCC(C)(CN)S(C)(=O)=O. The molecule has 0 spiro atoms. The van der Waals surface area contributed by atoms with Crippen LogP contribution in [-0.4, -0.2) is 26.0 Å². The Morgan fingerprint density at radius 1 is 1.50 bits per heavy atom. The quantitative estimate of drug-likeness (QED) is 0.648. The molecule has 0 amide bonds. The van der Waals surface area contributed by atoms with Gasteiger partial charge in [0, 0.05) is 12.8 Å². The normalized spacial score (nSPS) is 18.4. The maximum absolute atomic E-state index is 11.0. The topological polar surface area (TPSA) is 60.2 Å².